The van der Waals surface area contributed by atoms with Gasteiger partial charge in [0, 0.05) is 35.5 Å². The predicted octanol–water partition coefficient (Wildman–Crippen LogP) is 2.65. The van der Waals surface area contributed by atoms with Crippen molar-refractivity contribution >= 4 is 28.1 Å². The summed E-state index contributed by atoms with van der Waals surface area (Å²) in [6.45, 7) is 7.55. The van der Waals surface area contributed by atoms with Gasteiger partial charge in [-0.3, -0.25) is 13.9 Å². The molecular formula is C11H22BrNO4. The normalized spacial score (nSPS) is 10.4. The topological polar surface area (TPSA) is 86.6 Å². The second-order valence-electron chi connectivity index (χ2n) is 4.87. The minimum absolute atomic E-state index is 0.0628. The molecule has 0 fully saturated rings. The lowest BCUT2D eigenvalue weighted by Gasteiger charge is -2.15. The second kappa shape index (κ2) is 10.5. The highest BCUT2D eigenvalue weighted by Crippen LogP contribution is 2.10. The van der Waals surface area contributed by atoms with Crippen LogP contribution in [0.25, 0.3) is 0 Å². The van der Waals surface area contributed by atoms with Crippen LogP contribution < -0.4 is 4.34 Å². The average molecular weight is 312 g/mol. The zero-order chi connectivity index (χ0) is 13.9. The van der Waals surface area contributed by atoms with Crippen molar-refractivity contribution in [3.8, 4) is 0 Å². The summed E-state index contributed by atoms with van der Waals surface area (Å²) in [5, 5.41) is 16.3. The molecule has 3 N–H and O–H groups in total. The summed E-state index contributed by atoms with van der Waals surface area (Å²) in [5.74, 6) is -1.74. The maximum absolute atomic E-state index is 9.90. The van der Waals surface area contributed by atoms with Gasteiger partial charge in [0.05, 0.1) is 0 Å². The van der Waals surface area contributed by atoms with Gasteiger partial charge in [0.1, 0.15) is 0 Å². The molecule has 0 bridgehead atoms. The number of carbonyl (C=O) groups is 2. The van der Waals surface area contributed by atoms with Gasteiger partial charge in [0.2, 0.25) is 0 Å². The fraction of sp³-hybridized carbons (Fsp3) is 0.818. The SMILES string of the molecule is CC(C)(C)CNBr.O=C(O)CCCCC(=O)O. The van der Waals surface area contributed by atoms with Crippen molar-refractivity contribution in [3.05, 3.63) is 0 Å². The van der Waals surface area contributed by atoms with E-state index in [2.05, 4.69) is 41.3 Å². The molecule has 17 heavy (non-hydrogen) atoms. The Morgan fingerprint density at radius 2 is 1.41 bits per heavy atom. The first-order chi connectivity index (χ1) is 7.69. The van der Waals surface area contributed by atoms with Crippen LogP contribution in [0.5, 0.6) is 0 Å². The van der Waals surface area contributed by atoms with E-state index >= 15 is 0 Å². The Morgan fingerprint density at radius 1 is 1.06 bits per heavy atom. The maximum atomic E-state index is 9.90. The standard InChI is InChI=1S/C6H10O4.C5H12BrN/c7-5(8)3-1-2-4-6(9)10;1-5(2,3)4-7-6/h1-4H2,(H,7,8)(H,9,10);7H,4H2,1-3H3. The molecule has 0 aliphatic carbocycles. The smallest absolute Gasteiger partial charge is 0.303 e. The van der Waals surface area contributed by atoms with Crippen LogP contribution in [0.15, 0.2) is 0 Å². The summed E-state index contributed by atoms with van der Waals surface area (Å²) in [5.41, 5.74) is 0.392. The zero-order valence-corrected chi connectivity index (χ0v) is 12.2. The van der Waals surface area contributed by atoms with Gasteiger partial charge in [-0.05, 0) is 18.3 Å². The molecule has 0 aliphatic rings. The predicted molar refractivity (Wildman–Crippen MR) is 70.1 cm³/mol. The molecule has 0 unspecified atom stereocenters. The number of hydrogen-bond donors (Lipinski definition) is 3. The number of rotatable bonds is 6. The van der Waals surface area contributed by atoms with Gasteiger partial charge in [0.25, 0.3) is 0 Å². The first-order valence-corrected chi connectivity index (χ1v) is 6.25. The van der Waals surface area contributed by atoms with Gasteiger partial charge in [-0.15, -0.1) is 0 Å². The highest BCUT2D eigenvalue weighted by Gasteiger charge is 2.06. The second-order valence-corrected chi connectivity index (χ2v) is 5.43. The van der Waals surface area contributed by atoms with E-state index in [1.54, 1.807) is 0 Å². The lowest BCUT2D eigenvalue weighted by atomic mass is 9.98. The Bertz CT molecular complexity index is 210. The number of carboxylic acids is 2. The first-order valence-electron chi connectivity index (χ1n) is 5.46. The fourth-order valence-corrected chi connectivity index (χ4v) is 1.59. The van der Waals surface area contributed by atoms with Crippen LogP contribution in [0.3, 0.4) is 0 Å². The number of nitrogens with one attached hydrogen (secondary N) is 1. The zero-order valence-electron chi connectivity index (χ0n) is 10.6. The molecule has 0 amide bonds. The van der Waals surface area contributed by atoms with E-state index in [0.717, 1.165) is 6.54 Å². The molecule has 0 aromatic rings. The Labute approximate surface area is 111 Å². The van der Waals surface area contributed by atoms with E-state index in [-0.39, 0.29) is 12.8 Å². The molecule has 0 aliphatic heterocycles. The van der Waals surface area contributed by atoms with Crippen molar-refractivity contribution in [1.29, 1.82) is 0 Å². The summed E-state index contributed by atoms with van der Waals surface area (Å²) in [6.07, 6.45) is 1.02. The van der Waals surface area contributed by atoms with Gasteiger partial charge in [-0.2, -0.15) is 0 Å². The van der Waals surface area contributed by atoms with Crippen LogP contribution in [-0.2, 0) is 9.59 Å². The number of unbranched alkanes of at least 4 members (excludes halogenated alkanes) is 1. The molecule has 0 atom stereocenters. The molecule has 0 aromatic carbocycles. The monoisotopic (exact) mass is 311 g/mol. The molecule has 0 saturated carbocycles. The molecule has 0 rings (SSSR count). The van der Waals surface area contributed by atoms with Gasteiger partial charge in [0.15, 0.2) is 0 Å². The van der Waals surface area contributed by atoms with E-state index < -0.39 is 11.9 Å². The maximum Gasteiger partial charge on any atom is 0.303 e. The number of aliphatic carboxylic acids is 2. The van der Waals surface area contributed by atoms with Crippen molar-refractivity contribution in [3.63, 3.8) is 0 Å². The lowest BCUT2D eigenvalue weighted by molar-refractivity contribution is -0.139. The molecule has 0 heterocycles. The van der Waals surface area contributed by atoms with Crippen LogP contribution >= 0.6 is 16.1 Å². The quantitative estimate of drug-likeness (QED) is 0.518. The van der Waals surface area contributed by atoms with Gasteiger partial charge in [-0.1, -0.05) is 20.8 Å². The summed E-state index contributed by atoms with van der Waals surface area (Å²) in [4.78, 5) is 19.8. The van der Waals surface area contributed by atoms with Crippen LogP contribution in [-0.4, -0.2) is 28.7 Å². The Kier molecular flexibility index (Phi) is 11.6. The molecule has 6 heteroatoms. The Balaban J connectivity index is 0. The van der Waals surface area contributed by atoms with E-state index in [4.69, 9.17) is 10.2 Å². The first kappa shape index (κ1) is 18.7. The minimum Gasteiger partial charge on any atom is -0.481 e. The molecule has 0 radical (unpaired) electrons. The van der Waals surface area contributed by atoms with Gasteiger partial charge < -0.3 is 10.2 Å². The molecule has 0 aromatic heterocycles. The van der Waals surface area contributed by atoms with Crippen LogP contribution in [0, 0.1) is 5.41 Å². The molecular weight excluding hydrogens is 290 g/mol. The third-order valence-corrected chi connectivity index (χ3v) is 1.91. The largest absolute Gasteiger partial charge is 0.481 e. The summed E-state index contributed by atoms with van der Waals surface area (Å²) >= 11 is 3.14. The molecule has 5 nitrogen and oxygen atoms in total. The van der Waals surface area contributed by atoms with Crippen molar-refractivity contribution in [2.45, 2.75) is 46.5 Å². The number of hydrogen-bond acceptors (Lipinski definition) is 3. The van der Waals surface area contributed by atoms with E-state index in [1.165, 1.54) is 0 Å². The average Bonchev–Trinajstić information content (AvgIpc) is 2.11. The van der Waals surface area contributed by atoms with Gasteiger partial charge in [-0.25, -0.2) is 0 Å². The molecule has 102 valence electrons. The summed E-state index contributed by atoms with van der Waals surface area (Å²) in [7, 11) is 0. The third kappa shape index (κ3) is 25.6. The lowest BCUT2D eigenvalue weighted by Crippen LogP contribution is -2.19. The van der Waals surface area contributed by atoms with Crippen molar-refractivity contribution in [2.24, 2.45) is 5.41 Å². The summed E-state index contributed by atoms with van der Waals surface area (Å²) in [6, 6.07) is 0. The Morgan fingerprint density at radius 3 is 1.53 bits per heavy atom. The summed E-state index contributed by atoms with van der Waals surface area (Å²) < 4.78 is 2.92. The van der Waals surface area contributed by atoms with Crippen LogP contribution in [0.2, 0.25) is 0 Å². The Hall–Kier alpha value is -0.620. The van der Waals surface area contributed by atoms with Crippen molar-refractivity contribution in [2.75, 3.05) is 6.54 Å². The van der Waals surface area contributed by atoms with Gasteiger partial charge >= 0.3 is 11.9 Å². The van der Waals surface area contributed by atoms with E-state index in [0.29, 0.717) is 18.3 Å². The highest BCUT2D eigenvalue weighted by atomic mass is 79.9. The highest BCUT2D eigenvalue weighted by molar-refractivity contribution is 9.08. The van der Waals surface area contributed by atoms with E-state index in [1.807, 2.05) is 0 Å². The molecule has 0 saturated heterocycles. The third-order valence-electron chi connectivity index (χ3n) is 1.63. The van der Waals surface area contributed by atoms with Crippen LogP contribution in [0.1, 0.15) is 46.5 Å². The van der Waals surface area contributed by atoms with Crippen molar-refractivity contribution < 1.29 is 19.8 Å². The number of carboxylic acid groups (broad SMARTS) is 2. The van der Waals surface area contributed by atoms with Crippen LogP contribution in [0.4, 0.5) is 0 Å². The molecule has 0 spiro atoms. The van der Waals surface area contributed by atoms with Crippen molar-refractivity contribution in [1.82, 2.24) is 4.34 Å². The minimum atomic E-state index is -0.870. The number of halogens is 1. The fourth-order valence-electron chi connectivity index (χ4n) is 0.753. The van der Waals surface area contributed by atoms with E-state index in [9.17, 15) is 9.59 Å².